The highest BCUT2D eigenvalue weighted by Gasteiger charge is 2.41. The van der Waals surface area contributed by atoms with Gasteiger partial charge in [-0.3, -0.25) is 14.5 Å². The van der Waals surface area contributed by atoms with Crippen LogP contribution < -0.4 is 0 Å². The van der Waals surface area contributed by atoms with Gasteiger partial charge in [-0.1, -0.05) is 31.2 Å². The molecule has 1 N–H and O–H groups in total. The predicted octanol–water partition coefficient (Wildman–Crippen LogP) is 2.00. The Bertz CT molecular complexity index is 558. The maximum absolute atomic E-state index is 12.4. The van der Waals surface area contributed by atoms with Crippen LogP contribution in [0.25, 0.3) is 0 Å². The van der Waals surface area contributed by atoms with Crippen molar-refractivity contribution in [2.24, 2.45) is 5.92 Å². The van der Waals surface area contributed by atoms with Crippen LogP contribution in [0.5, 0.6) is 0 Å². The van der Waals surface area contributed by atoms with Crippen LogP contribution in [0.1, 0.15) is 40.5 Å². The van der Waals surface area contributed by atoms with Gasteiger partial charge in [0.25, 0.3) is 11.8 Å². The molecule has 20 heavy (non-hydrogen) atoms. The molecule has 1 aliphatic heterocycles. The summed E-state index contributed by atoms with van der Waals surface area (Å²) in [6.45, 7) is 2.06. The second kappa shape index (κ2) is 4.87. The third-order valence-corrected chi connectivity index (χ3v) is 4.07. The second-order valence-electron chi connectivity index (χ2n) is 5.52. The van der Waals surface area contributed by atoms with Crippen LogP contribution in [0, 0.1) is 5.92 Å². The third kappa shape index (κ3) is 1.96. The summed E-state index contributed by atoms with van der Waals surface area (Å²) < 4.78 is 0. The lowest BCUT2D eigenvalue weighted by Gasteiger charge is -2.26. The number of carbonyl (C=O) groups is 2. The number of carbonyl (C=O) groups excluding carboxylic acids is 2. The number of hydrogen-bond donors (Lipinski definition) is 1. The summed E-state index contributed by atoms with van der Waals surface area (Å²) in [6.07, 6.45) is 4.52. The highest BCUT2D eigenvalue weighted by molar-refractivity contribution is 6.21. The van der Waals surface area contributed by atoms with Crippen molar-refractivity contribution >= 4 is 11.8 Å². The lowest BCUT2D eigenvalue weighted by Crippen LogP contribution is -2.45. The van der Waals surface area contributed by atoms with Crippen LogP contribution in [0.4, 0.5) is 0 Å². The van der Waals surface area contributed by atoms with Gasteiger partial charge in [0, 0.05) is 0 Å². The number of amides is 2. The molecule has 1 aliphatic carbocycles. The Morgan fingerprint density at radius 3 is 2.25 bits per heavy atom. The smallest absolute Gasteiger partial charge is 0.262 e. The van der Waals surface area contributed by atoms with Crippen molar-refractivity contribution in [3.8, 4) is 0 Å². The highest BCUT2D eigenvalue weighted by atomic mass is 16.3. The molecule has 0 saturated carbocycles. The summed E-state index contributed by atoms with van der Waals surface area (Å²) in [5.74, 6) is -0.271. The molecule has 2 aliphatic rings. The van der Waals surface area contributed by atoms with Gasteiger partial charge in [-0.25, -0.2) is 0 Å². The zero-order valence-corrected chi connectivity index (χ0v) is 11.3. The van der Waals surface area contributed by atoms with E-state index in [1.165, 1.54) is 4.90 Å². The fourth-order valence-corrected chi connectivity index (χ4v) is 2.87. The molecule has 1 aromatic rings. The lowest BCUT2D eigenvalue weighted by molar-refractivity contribution is 0.0415. The first-order valence-electron chi connectivity index (χ1n) is 6.93. The zero-order valence-electron chi connectivity index (χ0n) is 11.3. The van der Waals surface area contributed by atoms with Gasteiger partial charge in [0.15, 0.2) is 0 Å². The normalized spacial score (nSPS) is 29.5. The molecule has 104 valence electrons. The molecule has 1 aromatic carbocycles. The van der Waals surface area contributed by atoms with E-state index < -0.39 is 12.1 Å². The number of nitrogens with zero attached hydrogens (tertiary/aromatic N) is 1. The van der Waals surface area contributed by atoms with Crippen LogP contribution in [-0.2, 0) is 0 Å². The summed E-state index contributed by atoms with van der Waals surface area (Å²) in [4.78, 5) is 26.0. The molecule has 1 heterocycles. The standard InChI is InChI=1S/C16H17NO3/c1-10-6-8-13(14(18)9-7-10)17-15(19)11-4-2-3-5-12(11)16(17)20/h2-6,8,10,13-14,18H,7,9H2,1H3/t10-,13+,14+/m1/s1. The van der Waals surface area contributed by atoms with Crippen molar-refractivity contribution in [2.75, 3.05) is 0 Å². The van der Waals surface area contributed by atoms with Gasteiger partial charge in [0.1, 0.15) is 0 Å². The van der Waals surface area contributed by atoms with E-state index in [4.69, 9.17) is 0 Å². The van der Waals surface area contributed by atoms with Crippen LogP contribution in [0.3, 0.4) is 0 Å². The summed E-state index contributed by atoms with van der Waals surface area (Å²) in [5.41, 5.74) is 0.853. The molecule has 3 rings (SSSR count). The molecule has 0 aromatic heterocycles. The van der Waals surface area contributed by atoms with E-state index in [2.05, 4.69) is 6.92 Å². The SMILES string of the molecule is C[C@@H]1C=C[C@H](N2C(=O)c3ccccc3C2=O)[C@@H](O)CC1. The van der Waals surface area contributed by atoms with E-state index in [-0.39, 0.29) is 11.8 Å². The molecular formula is C16H17NO3. The van der Waals surface area contributed by atoms with Crippen LogP contribution >= 0.6 is 0 Å². The van der Waals surface area contributed by atoms with Gasteiger partial charge in [-0.2, -0.15) is 0 Å². The van der Waals surface area contributed by atoms with Crippen molar-refractivity contribution in [1.29, 1.82) is 0 Å². The largest absolute Gasteiger partial charge is 0.391 e. The monoisotopic (exact) mass is 271 g/mol. The highest BCUT2D eigenvalue weighted by Crippen LogP contribution is 2.29. The minimum absolute atomic E-state index is 0.311. The number of rotatable bonds is 1. The maximum atomic E-state index is 12.4. The fraction of sp³-hybridized carbons (Fsp3) is 0.375. The quantitative estimate of drug-likeness (QED) is 0.628. The average Bonchev–Trinajstić information content (AvgIpc) is 2.58. The van der Waals surface area contributed by atoms with Crippen molar-refractivity contribution in [3.05, 3.63) is 47.5 Å². The van der Waals surface area contributed by atoms with E-state index in [9.17, 15) is 14.7 Å². The van der Waals surface area contributed by atoms with Gasteiger partial charge in [0.2, 0.25) is 0 Å². The van der Waals surface area contributed by atoms with E-state index in [0.717, 1.165) is 6.42 Å². The van der Waals surface area contributed by atoms with Gasteiger partial charge in [-0.05, 0) is 30.9 Å². The summed E-state index contributed by atoms with van der Waals surface area (Å²) in [6, 6.07) is 6.24. The van der Waals surface area contributed by atoms with Crippen molar-refractivity contribution in [1.82, 2.24) is 4.90 Å². The lowest BCUT2D eigenvalue weighted by atomic mass is 10.0. The zero-order chi connectivity index (χ0) is 14.3. The van der Waals surface area contributed by atoms with Crippen LogP contribution in [-0.4, -0.2) is 34.0 Å². The molecule has 4 heteroatoms. The summed E-state index contributed by atoms with van der Waals surface area (Å²) >= 11 is 0. The Kier molecular flexibility index (Phi) is 3.18. The van der Waals surface area contributed by atoms with Gasteiger partial charge < -0.3 is 5.11 Å². The number of allylic oxidation sites excluding steroid dienone is 1. The summed E-state index contributed by atoms with van der Waals surface area (Å²) in [5, 5.41) is 10.2. The number of fused-ring (bicyclic) bond motifs is 1. The number of aliphatic hydroxyl groups is 1. The Hall–Kier alpha value is -1.94. The van der Waals surface area contributed by atoms with Gasteiger partial charge >= 0.3 is 0 Å². The number of benzene rings is 1. The average molecular weight is 271 g/mol. The molecule has 3 atom stereocenters. The molecule has 0 unspecified atom stereocenters. The Labute approximate surface area is 117 Å². The van der Waals surface area contributed by atoms with Crippen molar-refractivity contribution < 1.29 is 14.7 Å². The maximum Gasteiger partial charge on any atom is 0.262 e. The minimum Gasteiger partial charge on any atom is -0.391 e. The van der Waals surface area contributed by atoms with E-state index >= 15 is 0 Å². The van der Waals surface area contributed by atoms with Crippen LogP contribution in [0.2, 0.25) is 0 Å². The predicted molar refractivity (Wildman–Crippen MR) is 74.3 cm³/mol. The Morgan fingerprint density at radius 2 is 1.65 bits per heavy atom. The Balaban J connectivity index is 1.98. The van der Waals surface area contributed by atoms with Gasteiger partial charge in [-0.15, -0.1) is 0 Å². The van der Waals surface area contributed by atoms with E-state index in [1.807, 2.05) is 6.08 Å². The molecule has 0 saturated heterocycles. The van der Waals surface area contributed by atoms with Crippen molar-refractivity contribution in [2.45, 2.75) is 31.9 Å². The summed E-state index contributed by atoms with van der Waals surface area (Å²) in [7, 11) is 0. The molecule has 2 amide bonds. The van der Waals surface area contributed by atoms with E-state index in [0.29, 0.717) is 23.5 Å². The molecular weight excluding hydrogens is 254 g/mol. The molecule has 4 nitrogen and oxygen atoms in total. The number of imide groups is 1. The number of hydrogen-bond acceptors (Lipinski definition) is 3. The second-order valence-corrected chi connectivity index (χ2v) is 5.52. The van der Waals surface area contributed by atoms with Crippen molar-refractivity contribution in [3.63, 3.8) is 0 Å². The minimum atomic E-state index is -0.696. The molecule has 0 fully saturated rings. The van der Waals surface area contributed by atoms with Crippen LogP contribution in [0.15, 0.2) is 36.4 Å². The first kappa shape index (κ1) is 13.1. The Morgan fingerprint density at radius 1 is 1.05 bits per heavy atom. The fourth-order valence-electron chi connectivity index (χ4n) is 2.87. The first-order chi connectivity index (χ1) is 9.59. The molecule has 0 bridgehead atoms. The molecule has 0 radical (unpaired) electrons. The van der Waals surface area contributed by atoms with E-state index in [1.54, 1.807) is 30.3 Å². The molecule has 0 spiro atoms. The number of aliphatic hydroxyl groups excluding tert-OH is 1. The topological polar surface area (TPSA) is 57.6 Å². The van der Waals surface area contributed by atoms with Gasteiger partial charge in [0.05, 0.1) is 23.3 Å². The third-order valence-electron chi connectivity index (χ3n) is 4.07. The first-order valence-corrected chi connectivity index (χ1v) is 6.93.